The van der Waals surface area contributed by atoms with Gasteiger partial charge in [-0.25, -0.2) is 0 Å². The number of carboxylic acids is 1. The van der Waals surface area contributed by atoms with E-state index in [0.717, 1.165) is 17.1 Å². The zero-order valence-electron chi connectivity index (χ0n) is 12.0. The van der Waals surface area contributed by atoms with Crippen molar-refractivity contribution >= 4 is 17.7 Å². The van der Waals surface area contributed by atoms with E-state index < -0.39 is 11.5 Å². The largest absolute Gasteiger partial charge is 0.480 e. The standard InChI is InChI=1S/C14H23NO3S/c1-5-7-15-14(4,13(16)17)9-10(2)19-12-6-8-18-11(12)3/h6,8,10,15H,5,7,9H2,1-4H3,(H,16,17). The number of carbonyl (C=O) groups is 1. The summed E-state index contributed by atoms with van der Waals surface area (Å²) in [4.78, 5) is 12.5. The van der Waals surface area contributed by atoms with E-state index in [-0.39, 0.29) is 5.25 Å². The number of thioether (sulfide) groups is 1. The van der Waals surface area contributed by atoms with Gasteiger partial charge in [0.05, 0.1) is 6.26 Å². The van der Waals surface area contributed by atoms with Gasteiger partial charge < -0.3 is 14.8 Å². The summed E-state index contributed by atoms with van der Waals surface area (Å²) in [6.45, 7) is 8.46. The molecule has 0 aliphatic rings. The van der Waals surface area contributed by atoms with E-state index >= 15 is 0 Å². The van der Waals surface area contributed by atoms with Crippen LogP contribution in [0.5, 0.6) is 0 Å². The number of nitrogens with one attached hydrogen (secondary N) is 1. The molecule has 4 nitrogen and oxygen atoms in total. The second kappa shape index (κ2) is 7.01. The van der Waals surface area contributed by atoms with Gasteiger partial charge in [0.2, 0.25) is 0 Å². The SMILES string of the molecule is CCCNC(C)(CC(C)Sc1ccoc1C)C(=O)O. The molecule has 1 heterocycles. The Morgan fingerprint density at radius 2 is 2.32 bits per heavy atom. The Hall–Kier alpha value is -0.940. The van der Waals surface area contributed by atoms with Gasteiger partial charge in [-0.2, -0.15) is 0 Å². The van der Waals surface area contributed by atoms with Crippen LogP contribution in [0, 0.1) is 6.92 Å². The molecule has 0 amide bonds. The average Bonchev–Trinajstić information content (AvgIpc) is 2.72. The first-order chi connectivity index (χ1) is 8.89. The number of rotatable bonds is 8. The van der Waals surface area contributed by atoms with Crippen molar-refractivity contribution in [1.82, 2.24) is 5.32 Å². The van der Waals surface area contributed by atoms with Crippen LogP contribution >= 0.6 is 11.8 Å². The Morgan fingerprint density at radius 3 is 2.79 bits per heavy atom. The molecular formula is C14H23NO3S. The van der Waals surface area contributed by atoms with E-state index in [1.807, 2.05) is 26.8 Å². The number of aliphatic carboxylic acids is 1. The monoisotopic (exact) mass is 285 g/mol. The molecule has 0 fully saturated rings. The van der Waals surface area contributed by atoms with E-state index in [1.54, 1.807) is 24.9 Å². The molecule has 2 atom stereocenters. The molecule has 0 aliphatic heterocycles. The van der Waals surface area contributed by atoms with Gasteiger partial charge in [0.1, 0.15) is 11.3 Å². The summed E-state index contributed by atoms with van der Waals surface area (Å²) in [7, 11) is 0. The van der Waals surface area contributed by atoms with Gasteiger partial charge in [-0.1, -0.05) is 13.8 Å². The topological polar surface area (TPSA) is 62.5 Å². The predicted molar refractivity (Wildman–Crippen MR) is 77.7 cm³/mol. The van der Waals surface area contributed by atoms with Crippen molar-refractivity contribution in [2.75, 3.05) is 6.54 Å². The lowest BCUT2D eigenvalue weighted by Crippen LogP contribution is -2.51. The molecule has 2 unspecified atom stereocenters. The molecule has 0 aliphatic carbocycles. The summed E-state index contributed by atoms with van der Waals surface area (Å²) in [6, 6.07) is 1.92. The molecule has 2 N–H and O–H groups in total. The Balaban J connectivity index is 2.63. The van der Waals surface area contributed by atoms with E-state index in [1.165, 1.54) is 0 Å². The molecule has 0 spiro atoms. The van der Waals surface area contributed by atoms with Crippen LogP contribution in [0.1, 0.15) is 39.4 Å². The second-order valence-corrected chi connectivity index (χ2v) is 6.52. The van der Waals surface area contributed by atoms with Crippen LogP contribution < -0.4 is 5.32 Å². The van der Waals surface area contributed by atoms with Crippen molar-refractivity contribution in [3.63, 3.8) is 0 Å². The molecular weight excluding hydrogens is 262 g/mol. The lowest BCUT2D eigenvalue weighted by molar-refractivity contribution is -0.144. The van der Waals surface area contributed by atoms with E-state index in [0.29, 0.717) is 13.0 Å². The van der Waals surface area contributed by atoms with Crippen molar-refractivity contribution < 1.29 is 14.3 Å². The maximum atomic E-state index is 11.4. The summed E-state index contributed by atoms with van der Waals surface area (Å²) in [5.74, 6) is 0.0905. The van der Waals surface area contributed by atoms with Gasteiger partial charge in [-0.05, 0) is 39.3 Å². The molecule has 1 aromatic rings. The maximum Gasteiger partial charge on any atom is 0.323 e. The summed E-state index contributed by atoms with van der Waals surface area (Å²) in [5, 5.41) is 12.7. The molecule has 1 rings (SSSR count). The molecule has 0 radical (unpaired) electrons. The van der Waals surface area contributed by atoms with Gasteiger partial charge >= 0.3 is 5.97 Å². The zero-order chi connectivity index (χ0) is 14.5. The van der Waals surface area contributed by atoms with Gasteiger partial charge in [0.25, 0.3) is 0 Å². The van der Waals surface area contributed by atoms with Gasteiger partial charge in [-0.3, -0.25) is 4.79 Å². The van der Waals surface area contributed by atoms with Crippen molar-refractivity contribution in [3.8, 4) is 0 Å². The smallest absolute Gasteiger partial charge is 0.323 e. The van der Waals surface area contributed by atoms with Crippen LogP contribution in [0.2, 0.25) is 0 Å². The van der Waals surface area contributed by atoms with Gasteiger partial charge in [0.15, 0.2) is 0 Å². The highest BCUT2D eigenvalue weighted by Gasteiger charge is 2.34. The molecule has 0 saturated carbocycles. The number of furan rings is 1. The number of carboxylic acid groups (broad SMARTS) is 1. The minimum absolute atomic E-state index is 0.196. The summed E-state index contributed by atoms with van der Waals surface area (Å²) in [6.07, 6.45) is 3.15. The first kappa shape index (κ1) is 16.1. The van der Waals surface area contributed by atoms with E-state index in [2.05, 4.69) is 5.32 Å². The highest BCUT2D eigenvalue weighted by molar-refractivity contribution is 8.00. The Labute approximate surface area is 119 Å². The quantitative estimate of drug-likeness (QED) is 0.718. The third-order valence-corrected chi connectivity index (χ3v) is 4.32. The lowest BCUT2D eigenvalue weighted by atomic mass is 9.96. The van der Waals surface area contributed by atoms with Gasteiger partial charge in [-0.15, -0.1) is 11.8 Å². The van der Waals surface area contributed by atoms with Crippen LogP contribution in [0.15, 0.2) is 21.6 Å². The van der Waals surface area contributed by atoms with Crippen LogP contribution in [0.4, 0.5) is 0 Å². The Bertz CT molecular complexity index is 419. The minimum atomic E-state index is -0.875. The molecule has 5 heteroatoms. The third-order valence-electron chi connectivity index (χ3n) is 3.07. The van der Waals surface area contributed by atoms with Crippen LogP contribution in [0.3, 0.4) is 0 Å². The van der Waals surface area contributed by atoms with Crippen LogP contribution in [-0.2, 0) is 4.79 Å². The molecule has 0 aromatic carbocycles. The predicted octanol–water partition coefficient (Wildman–Crippen LogP) is 3.30. The normalized spacial score (nSPS) is 16.0. The van der Waals surface area contributed by atoms with Crippen molar-refractivity contribution in [2.24, 2.45) is 0 Å². The van der Waals surface area contributed by atoms with Crippen LogP contribution in [0.25, 0.3) is 0 Å². The Kier molecular flexibility index (Phi) is 5.94. The average molecular weight is 285 g/mol. The highest BCUT2D eigenvalue weighted by atomic mass is 32.2. The lowest BCUT2D eigenvalue weighted by Gasteiger charge is -2.29. The molecule has 0 saturated heterocycles. The Morgan fingerprint density at radius 1 is 1.63 bits per heavy atom. The third kappa shape index (κ3) is 4.58. The molecule has 1 aromatic heterocycles. The van der Waals surface area contributed by atoms with Crippen molar-refractivity contribution in [3.05, 3.63) is 18.1 Å². The van der Waals surface area contributed by atoms with Crippen molar-refractivity contribution in [1.29, 1.82) is 0 Å². The summed E-state index contributed by atoms with van der Waals surface area (Å²) >= 11 is 1.66. The van der Waals surface area contributed by atoms with E-state index in [9.17, 15) is 9.90 Å². The first-order valence-electron chi connectivity index (χ1n) is 6.58. The minimum Gasteiger partial charge on any atom is -0.480 e. The number of hydrogen-bond donors (Lipinski definition) is 2. The summed E-state index contributed by atoms with van der Waals surface area (Å²) in [5.41, 5.74) is -0.875. The van der Waals surface area contributed by atoms with Crippen molar-refractivity contribution in [2.45, 2.75) is 56.2 Å². The first-order valence-corrected chi connectivity index (χ1v) is 7.46. The fourth-order valence-electron chi connectivity index (χ4n) is 1.96. The molecule has 0 bridgehead atoms. The maximum absolute atomic E-state index is 11.4. The van der Waals surface area contributed by atoms with E-state index in [4.69, 9.17) is 4.42 Å². The second-order valence-electron chi connectivity index (χ2n) is 5.04. The molecule has 108 valence electrons. The summed E-state index contributed by atoms with van der Waals surface area (Å²) < 4.78 is 5.26. The number of hydrogen-bond acceptors (Lipinski definition) is 4. The van der Waals surface area contributed by atoms with Crippen LogP contribution in [-0.4, -0.2) is 28.4 Å². The number of aryl methyl sites for hydroxylation is 1. The van der Waals surface area contributed by atoms with Gasteiger partial charge in [0, 0.05) is 10.1 Å². The fraction of sp³-hybridized carbons (Fsp3) is 0.643. The zero-order valence-corrected chi connectivity index (χ0v) is 12.8. The fourth-order valence-corrected chi connectivity index (χ4v) is 3.16. The highest BCUT2D eigenvalue weighted by Crippen LogP contribution is 2.31. The molecule has 19 heavy (non-hydrogen) atoms.